The number of morpholine rings is 1. The van der Waals surface area contributed by atoms with E-state index in [1.807, 2.05) is 35.2 Å². The molecular formula is C25H27N5O3. The van der Waals surface area contributed by atoms with E-state index in [4.69, 9.17) is 9.72 Å². The minimum absolute atomic E-state index is 0.0141. The number of aromatic nitrogens is 2. The van der Waals surface area contributed by atoms with Crippen molar-refractivity contribution in [3.8, 4) is 0 Å². The fourth-order valence-corrected chi connectivity index (χ4v) is 4.38. The Morgan fingerprint density at radius 2 is 1.73 bits per heavy atom. The van der Waals surface area contributed by atoms with Crippen molar-refractivity contribution in [1.82, 2.24) is 24.7 Å². The molecular weight excluding hydrogens is 418 g/mol. The largest absolute Gasteiger partial charge is 0.368 e. The normalized spacial score (nSPS) is 19.6. The molecule has 1 unspecified atom stereocenters. The van der Waals surface area contributed by atoms with Crippen molar-refractivity contribution in [3.05, 3.63) is 71.7 Å². The van der Waals surface area contributed by atoms with Crippen LogP contribution in [0, 0.1) is 0 Å². The van der Waals surface area contributed by atoms with Crippen LogP contribution in [0.4, 0.5) is 0 Å². The van der Waals surface area contributed by atoms with E-state index in [-0.39, 0.29) is 11.8 Å². The van der Waals surface area contributed by atoms with Crippen LogP contribution in [-0.4, -0.2) is 89.4 Å². The quantitative estimate of drug-likeness (QED) is 0.615. The summed E-state index contributed by atoms with van der Waals surface area (Å²) in [5, 5.41) is 0.836. The third-order valence-corrected chi connectivity index (χ3v) is 6.32. The highest BCUT2D eigenvalue weighted by molar-refractivity contribution is 6.06. The Hall–Kier alpha value is -3.36. The zero-order chi connectivity index (χ0) is 22.8. The van der Waals surface area contributed by atoms with E-state index in [0.717, 1.165) is 24.0 Å². The van der Waals surface area contributed by atoms with Gasteiger partial charge in [0.2, 0.25) is 0 Å². The fourth-order valence-electron chi connectivity index (χ4n) is 4.38. The van der Waals surface area contributed by atoms with Crippen molar-refractivity contribution < 1.29 is 14.3 Å². The molecule has 0 saturated carbocycles. The number of carbonyl (C=O) groups excluding carboxylic acids is 2. The van der Waals surface area contributed by atoms with Gasteiger partial charge in [0.25, 0.3) is 11.8 Å². The lowest BCUT2D eigenvalue weighted by Crippen LogP contribution is -2.47. The maximum Gasteiger partial charge on any atom is 0.272 e. The molecule has 2 amide bonds. The molecule has 170 valence electrons. The first kappa shape index (κ1) is 21.5. The van der Waals surface area contributed by atoms with Gasteiger partial charge in [-0.15, -0.1) is 0 Å². The summed E-state index contributed by atoms with van der Waals surface area (Å²) in [6.07, 6.45) is 1.21. The molecule has 2 aromatic heterocycles. The molecule has 0 aliphatic carbocycles. The molecule has 2 fully saturated rings. The van der Waals surface area contributed by atoms with Crippen LogP contribution >= 0.6 is 0 Å². The summed E-state index contributed by atoms with van der Waals surface area (Å²) in [5.74, 6) is -0.112. The van der Waals surface area contributed by atoms with Gasteiger partial charge in [-0.1, -0.05) is 24.3 Å². The van der Waals surface area contributed by atoms with Crippen molar-refractivity contribution in [2.45, 2.75) is 6.10 Å². The SMILES string of the molecule is CN1CCN(C(=O)c2cc(C3CN(C(=O)c4ccccn4)CCO3)nc3ccccc23)CC1. The van der Waals surface area contributed by atoms with E-state index in [1.165, 1.54) is 0 Å². The van der Waals surface area contributed by atoms with Crippen LogP contribution in [-0.2, 0) is 4.74 Å². The Kier molecular flexibility index (Phi) is 6.02. The highest BCUT2D eigenvalue weighted by Gasteiger charge is 2.29. The van der Waals surface area contributed by atoms with Crippen LogP contribution in [0.3, 0.4) is 0 Å². The van der Waals surface area contributed by atoms with Crippen LogP contribution in [0.5, 0.6) is 0 Å². The molecule has 0 radical (unpaired) electrons. The number of hydrogen-bond donors (Lipinski definition) is 0. The number of fused-ring (bicyclic) bond motifs is 1. The average Bonchev–Trinajstić information content (AvgIpc) is 2.88. The van der Waals surface area contributed by atoms with E-state index in [9.17, 15) is 9.59 Å². The van der Waals surface area contributed by atoms with Crippen LogP contribution in [0.25, 0.3) is 10.9 Å². The Morgan fingerprint density at radius 3 is 2.52 bits per heavy atom. The molecule has 33 heavy (non-hydrogen) atoms. The number of hydrogen-bond acceptors (Lipinski definition) is 6. The van der Waals surface area contributed by atoms with Crippen LogP contribution < -0.4 is 0 Å². The molecule has 2 aliphatic rings. The lowest BCUT2D eigenvalue weighted by molar-refractivity contribution is -0.0248. The van der Waals surface area contributed by atoms with Gasteiger partial charge < -0.3 is 19.4 Å². The van der Waals surface area contributed by atoms with Crippen LogP contribution in [0.1, 0.15) is 32.6 Å². The summed E-state index contributed by atoms with van der Waals surface area (Å²) >= 11 is 0. The van der Waals surface area contributed by atoms with E-state index in [0.29, 0.717) is 49.7 Å². The second-order valence-electron chi connectivity index (χ2n) is 8.53. The molecule has 8 nitrogen and oxygen atoms in total. The van der Waals surface area contributed by atoms with Gasteiger partial charge in [0, 0.05) is 44.3 Å². The second kappa shape index (κ2) is 9.25. The van der Waals surface area contributed by atoms with Crippen molar-refractivity contribution in [2.75, 3.05) is 52.9 Å². The Balaban J connectivity index is 1.44. The summed E-state index contributed by atoms with van der Waals surface area (Å²) in [6, 6.07) is 14.9. The smallest absolute Gasteiger partial charge is 0.272 e. The number of nitrogens with zero attached hydrogens (tertiary/aromatic N) is 5. The lowest BCUT2D eigenvalue weighted by atomic mass is 10.0. The second-order valence-corrected chi connectivity index (χ2v) is 8.53. The average molecular weight is 446 g/mol. The number of ether oxygens (including phenoxy) is 1. The van der Waals surface area contributed by atoms with E-state index in [1.54, 1.807) is 29.3 Å². The first-order valence-corrected chi connectivity index (χ1v) is 11.3. The zero-order valence-corrected chi connectivity index (χ0v) is 18.7. The predicted molar refractivity (Wildman–Crippen MR) is 124 cm³/mol. The molecule has 0 bridgehead atoms. The third-order valence-electron chi connectivity index (χ3n) is 6.32. The number of pyridine rings is 2. The topological polar surface area (TPSA) is 78.9 Å². The van der Waals surface area contributed by atoms with E-state index >= 15 is 0 Å². The van der Waals surface area contributed by atoms with Gasteiger partial charge in [-0.3, -0.25) is 14.6 Å². The molecule has 8 heteroatoms. The number of benzene rings is 1. The predicted octanol–water partition coefficient (Wildman–Crippen LogP) is 2.23. The number of carbonyl (C=O) groups is 2. The van der Waals surface area contributed by atoms with Gasteiger partial charge in [0.1, 0.15) is 11.8 Å². The van der Waals surface area contributed by atoms with E-state index in [2.05, 4.69) is 16.9 Å². The molecule has 1 aromatic carbocycles. The molecule has 0 N–H and O–H groups in total. The summed E-state index contributed by atoms with van der Waals surface area (Å²) in [7, 11) is 2.07. The van der Waals surface area contributed by atoms with E-state index < -0.39 is 6.10 Å². The maximum absolute atomic E-state index is 13.5. The van der Waals surface area contributed by atoms with Gasteiger partial charge >= 0.3 is 0 Å². The third kappa shape index (κ3) is 4.44. The van der Waals surface area contributed by atoms with Gasteiger partial charge in [0.05, 0.1) is 29.9 Å². The maximum atomic E-state index is 13.5. The molecule has 3 aromatic rings. The minimum Gasteiger partial charge on any atom is -0.368 e. The molecule has 4 heterocycles. The van der Waals surface area contributed by atoms with Gasteiger partial charge in [-0.25, -0.2) is 4.98 Å². The van der Waals surface area contributed by atoms with Crippen molar-refractivity contribution in [3.63, 3.8) is 0 Å². The number of para-hydroxylation sites is 1. The van der Waals surface area contributed by atoms with Crippen molar-refractivity contribution in [2.24, 2.45) is 0 Å². The number of likely N-dealkylation sites (N-methyl/N-ethyl adjacent to an activating group) is 1. The summed E-state index contributed by atoms with van der Waals surface area (Å²) in [5.41, 5.74) is 2.47. The first-order valence-electron chi connectivity index (χ1n) is 11.3. The molecule has 2 aliphatic heterocycles. The standard InChI is InChI=1S/C25H27N5O3/c1-28-10-12-29(13-11-28)24(31)19-16-22(27-20-7-3-2-6-18(19)20)23-17-30(14-15-33-23)25(32)21-8-4-5-9-26-21/h2-9,16,23H,10-15,17H2,1H3. The van der Waals surface area contributed by atoms with Gasteiger partial charge in [-0.2, -0.15) is 0 Å². The Bertz CT molecular complexity index is 1160. The highest BCUT2D eigenvalue weighted by atomic mass is 16.5. The van der Waals surface area contributed by atoms with Crippen molar-refractivity contribution >= 4 is 22.7 Å². The zero-order valence-electron chi connectivity index (χ0n) is 18.7. The molecule has 5 rings (SSSR count). The lowest BCUT2D eigenvalue weighted by Gasteiger charge is -2.34. The van der Waals surface area contributed by atoms with Gasteiger partial charge in [0.15, 0.2) is 0 Å². The Labute approximate surface area is 192 Å². The summed E-state index contributed by atoms with van der Waals surface area (Å²) < 4.78 is 6.02. The number of rotatable bonds is 3. The number of piperazine rings is 1. The highest BCUT2D eigenvalue weighted by Crippen LogP contribution is 2.27. The van der Waals surface area contributed by atoms with Crippen molar-refractivity contribution in [1.29, 1.82) is 0 Å². The fraction of sp³-hybridized carbons (Fsp3) is 0.360. The molecule has 2 saturated heterocycles. The molecule has 1 atom stereocenters. The summed E-state index contributed by atoms with van der Waals surface area (Å²) in [4.78, 5) is 41.3. The molecule has 0 spiro atoms. The first-order chi connectivity index (χ1) is 16.1. The number of amides is 2. The van der Waals surface area contributed by atoms with Crippen LogP contribution in [0.2, 0.25) is 0 Å². The van der Waals surface area contributed by atoms with Crippen LogP contribution in [0.15, 0.2) is 54.7 Å². The minimum atomic E-state index is -0.407. The van der Waals surface area contributed by atoms with Gasteiger partial charge in [-0.05, 0) is 31.3 Å². The Morgan fingerprint density at radius 1 is 0.939 bits per heavy atom. The summed E-state index contributed by atoms with van der Waals surface area (Å²) in [6.45, 7) is 4.38. The monoisotopic (exact) mass is 445 g/mol.